The Hall–Kier alpha value is -3.28. The Bertz CT molecular complexity index is 1280. The lowest BCUT2D eigenvalue weighted by Crippen LogP contribution is -2.04. The second-order valence-corrected chi connectivity index (χ2v) is 10.6. The first-order valence-electron chi connectivity index (χ1n) is 11.8. The van der Waals surface area contributed by atoms with Crippen molar-refractivity contribution in [2.45, 2.75) is 12.1 Å². The van der Waals surface area contributed by atoms with Crippen LogP contribution in [0.1, 0.15) is 34.3 Å². The molecular formula is C30H25N3S2. The molecule has 4 aromatic carbocycles. The van der Waals surface area contributed by atoms with E-state index in [9.17, 15) is 0 Å². The van der Waals surface area contributed by atoms with E-state index in [1.807, 2.05) is 23.5 Å². The Morgan fingerprint density at radius 1 is 0.514 bits per heavy atom. The lowest BCUT2D eigenvalue weighted by molar-refractivity contribution is 0.850. The van der Waals surface area contributed by atoms with Crippen molar-refractivity contribution in [1.82, 2.24) is 0 Å². The van der Waals surface area contributed by atoms with Gasteiger partial charge in [0, 0.05) is 34.0 Å². The van der Waals surface area contributed by atoms with Gasteiger partial charge in [0.15, 0.2) is 0 Å². The molecule has 1 N–H and O–H groups in total. The summed E-state index contributed by atoms with van der Waals surface area (Å²) in [6.07, 6.45) is 0. The van der Waals surface area contributed by atoms with E-state index < -0.39 is 0 Å². The predicted octanol–water partition coefficient (Wildman–Crippen LogP) is 7.90. The number of anilines is 2. The van der Waals surface area contributed by atoms with Crippen LogP contribution in [0.5, 0.6) is 0 Å². The van der Waals surface area contributed by atoms with E-state index >= 15 is 0 Å². The van der Waals surface area contributed by atoms with Crippen LogP contribution in [0.4, 0.5) is 11.4 Å². The summed E-state index contributed by atoms with van der Waals surface area (Å²) >= 11 is 3.67. The number of nitrogens with zero attached hydrogens (tertiary/aromatic N) is 2. The van der Waals surface area contributed by atoms with Crippen LogP contribution >= 0.6 is 23.5 Å². The Balaban J connectivity index is 1.29. The van der Waals surface area contributed by atoms with Crippen LogP contribution < -0.4 is 5.32 Å². The first-order chi connectivity index (χ1) is 17.3. The summed E-state index contributed by atoms with van der Waals surface area (Å²) in [5.74, 6) is 1.94. The van der Waals surface area contributed by atoms with E-state index in [0.717, 1.165) is 44.1 Å². The zero-order valence-electron chi connectivity index (χ0n) is 19.2. The summed E-state index contributed by atoms with van der Waals surface area (Å²) in [5.41, 5.74) is 6.99. The molecule has 0 amide bonds. The van der Waals surface area contributed by atoms with Crippen molar-refractivity contribution in [3.8, 4) is 0 Å². The van der Waals surface area contributed by atoms with E-state index in [-0.39, 0.29) is 12.1 Å². The Morgan fingerprint density at radius 3 is 1.37 bits per heavy atom. The second kappa shape index (κ2) is 10.1. The molecule has 172 valence electrons. The van der Waals surface area contributed by atoms with Crippen LogP contribution in [0, 0.1) is 0 Å². The Kier molecular flexibility index (Phi) is 6.43. The average Bonchev–Trinajstić information content (AvgIpc) is 3.61. The molecule has 2 aliphatic heterocycles. The molecule has 0 saturated carbocycles. The minimum atomic E-state index is 0.204. The highest BCUT2D eigenvalue weighted by Crippen LogP contribution is 2.38. The summed E-state index contributed by atoms with van der Waals surface area (Å²) in [6.45, 7) is 0. The van der Waals surface area contributed by atoms with Gasteiger partial charge in [0.25, 0.3) is 0 Å². The molecule has 2 heterocycles. The van der Waals surface area contributed by atoms with Gasteiger partial charge in [-0.05, 0) is 23.3 Å². The largest absolute Gasteiger partial charge is 0.354 e. The first kappa shape index (κ1) is 22.2. The third kappa shape index (κ3) is 4.79. The summed E-state index contributed by atoms with van der Waals surface area (Å²) in [7, 11) is 0. The number of thioether (sulfide) groups is 2. The van der Waals surface area contributed by atoms with Crippen molar-refractivity contribution in [3.63, 3.8) is 0 Å². The molecule has 0 spiro atoms. The molecule has 0 aromatic heterocycles. The van der Waals surface area contributed by atoms with Gasteiger partial charge in [-0.25, -0.2) is 0 Å². The molecular weight excluding hydrogens is 466 g/mol. The van der Waals surface area contributed by atoms with Crippen LogP contribution in [0.3, 0.4) is 0 Å². The topological polar surface area (TPSA) is 36.8 Å². The van der Waals surface area contributed by atoms with E-state index in [0.29, 0.717) is 0 Å². The zero-order valence-corrected chi connectivity index (χ0v) is 20.8. The van der Waals surface area contributed by atoms with E-state index in [4.69, 9.17) is 9.98 Å². The Labute approximate surface area is 214 Å². The third-order valence-corrected chi connectivity index (χ3v) is 8.42. The first-order valence-corrected chi connectivity index (χ1v) is 13.8. The fraction of sp³-hybridized carbons (Fsp3) is 0.133. The summed E-state index contributed by atoms with van der Waals surface area (Å²) < 4.78 is 0. The molecule has 0 aliphatic carbocycles. The maximum Gasteiger partial charge on any atom is 0.101 e. The van der Waals surface area contributed by atoms with Crippen LogP contribution in [-0.2, 0) is 0 Å². The molecule has 2 atom stereocenters. The van der Waals surface area contributed by atoms with Crippen molar-refractivity contribution in [2.75, 3.05) is 16.8 Å². The number of para-hydroxylation sites is 2. The molecule has 3 nitrogen and oxygen atoms in total. The molecule has 6 rings (SSSR count). The van der Waals surface area contributed by atoms with Gasteiger partial charge in [-0.15, -0.1) is 23.5 Å². The third-order valence-electron chi connectivity index (χ3n) is 6.26. The van der Waals surface area contributed by atoms with Crippen LogP contribution in [0.15, 0.2) is 119 Å². The van der Waals surface area contributed by atoms with Gasteiger partial charge in [-0.2, -0.15) is 0 Å². The summed E-state index contributed by atoms with van der Waals surface area (Å²) in [6, 6.07) is 38.5. The fourth-order valence-electron chi connectivity index (χ4n) is 4.44. The lowest BCUT2D eigenvalue weighted by Gasteiger charge is -2.15. The van der Waals surface area contributed by atoms with Gasteiger partial charge in [0.2, 0.25) is 0 Å². The monoisotopic (exact) mass is 491 g/mol. The van der Waals surface area contributed by atoms with Gasteiger partial charge in [0.05, 0.1) is 12.1 Å². The number of nitrogens with one attached hydrogen (secondary N) is 1. The Morgan fingerprint density at radius 2 is 0.914 bits per heavy atom. The zero-order chi connectivity index (χ0) is 23.5. The van der Waals surface area contributed by atoms with Crippen LogP contribution in [-0.4, -0.2) is 21.6 Å². The van der Waals surface area contributed by atoms with Crippen molar-refractivity contribution in [3.05, 3.63) is 131 Å². The van der Waals surface area contributed by atoms with E-state index in [1.165, 1.54) is 11.1 Å². The minimum absolute atomic E-state index is 0.204. The highest BCUT2D eigenvalue weighted by Gasteiger charge is 2.24. The molecule has 4 aromatic rings. The molecule has 0 unspecified atom stereocenters. The van der Waals surface area contributed by atoms with Crippen molar-refractivity contribution >= 4 is 45.0 Å². The number of aliphatic imine (C=N–C) groups is 2. The quantitative estimate of drug-likeness (QED) is 0.298. The number of hydrogen-bond acceptors (Lipinski definition) is 5. The van der Waals surface area contributed by atoms with Crippen LogP contribution in [0.2, 0.25) is 0 Å². The highest BCUT2D eigenvalue weighted by molar-refractivity contribution is 8.15. The molecule has 35 heavy (non-hydrogen) atoms. The fourth-order valence-corrected chi connectivity index (χ4v) is 6.67. The van der Waals surface area contributed by atoms with Gasteiger partial charge in [0.1, 0.15) is 10.1 Å². The summed E-state index contributed by atoms with van der Waals surface area (Å²) in [5, 5.41) is 5.90. The van der Waals surface area contributed by atoms with Crippen molar-refractivity contribution in [1.29, 1.82) is 0 Å². The number of rotatable bonds is 6. The van der Waals surface area contributed by atoms with Crippen molar-refractivity contribution in [2.24, 2.45) is 9.98 Å². The van der Waals surface area contributed by atoms with Crippen LogP contribution in [0.25, 0.3) is 0 Å². The normalized spacial score (nSPS) is 19.3. The van der Waals surface area contributed by atoms with Gasteiger partial charge >= 0.3 is 0 Å². The highest BCUT2D eigenvalue weighted by atomic mass is 32.2. The standard InChI is InChI=1S/C30H25N3S2/c1-3-11-21(12-4-1)27-19-34-29(32-27)23-15-7-9-17-25(23)31-26-18-10-8-16-24(26)30-33-28(20-35-30)22-13-5-2-6-14-22/h1-18,27-28,31H,19-20H2/t27-,28-/m1/s1. The number of benzene rings is 4. The SMILES string of the molecule is c1ccc([C@H]2CSC(c3ccccc3Nc3ccccc3C3=N[C@@H](c4ccccc4)CS3)=N2)cc1. The molecule has 0 fully saturated rings. The molecule has 0 bridgehead atoms. The average molecular weight is 492 g/mol. The van der Waals surface area contributed by atoms with E-state index in [1.54, 1.807) is 0 Å². The molecule has 2 aliphatic rings. The summed E-state index contributed by atoms with van der Waals surface area (Å²) in [4.78, 5) is 10.2. The van der Waals surface area contributed by atoms with Gasteiger partial charge in [-0.3, -0.25) is 9.98 Å². The minimum Gasteiger partial charge on any atom is -0.354 e. The molecule has 5 heteroatoms. The molecule has 0 radical (unpaired) electrons. The van der Waals surface area contributed by atoms with Gasteiger partial charge in [-0.1, -0.05) is 97.1 Å². The lowest BCUT2D eigenvalue weighted by atomic mass is 10.1. The molecule has 0 saturated heterocycles. The second-order valence-electron chi connectivity index (χ2n) is 8.56. The maximum atomic E-state index is 5.09. The van der Waals surface area contributed by atoms with E-state index in [2.05, 4.69) is 115 Å². The van der Waals surface area contributed by atoms with Gasteiger partial charge < -0.3 is 5.32 Å². The van der Waals surface area contributed by atoms with Crippen molar-refractivity contribution < 1.29 is 0 Å². The smallest absolute Gasteiger partial charge is 0.101 e. The number of hydrogen-bond donors (Lipinski definition) is 1. The maximum absolute atomic E-state index is 5.09. The predicted molar refractivity (Wildman–Crippen MR) is 153 cm³/mol.